The van der Waals surface area contributed by atoms with Gasteiger partial charge in [-0.1, -0.05) is 50.2 Å². The molecule has 1 heterocycles. The molecule has 0 aliphatic carbocycles. The number of nitrogens with zero attached hydrogens (tertiary/aromatic N) is 2. The summed E-state index contributed by atoms with van der Waals surface area (Å²) < 4.78 is 0. The van der Waals surface area contributed by atoms with Gasteiger partial charge >= 0.3 is 6.03 Å². The highest BCUT2D eigenvalue weighted by Gasteiger charge is 2.19. The molecule has 2 aromatic carbocycles. The molecule has 0 saturated carbocycles. The number of carbonyl (C=O) groups excluding carboxylic acids is 2. The highest BCUT2D eigenvalue weighted by atomic mass is 16.2. The van der Waals surface area contributed by atoms with Crippen molar-refractivity contribution >= 4 is 11.9 Å². The topological polar surface area (TPSA) is 66.6 Å². The number of primary amides is 1. The number of hydrogen-bond donors (Lipinski definition) is 1. The van der Waals surface area contributed by atoms with Gasteiger partial charge in [-0.25, -0.2) is 4.79 Å². The average Bonchev–Trinajstić information content (AvgIpc) is 2.99. The van der Waals surface area contributed by atoms with E-state index in [0.29, 0.717) is 19.5 Å². The molecule has 2 aromatic rings. The molecule has 165 valence electrons. The number of amides is 3. The zero-order valence-corrected chi connectivity index (χ0v) is 19.0. The van der Waals surface area contributed by atoms with Crippen LogP contribution in [0.2, 0.25) is 0 Å². The van der Waals surface area contributed by atoms with Gasteiger partial charge in [-0.3, -0.25) is 4.79 Å². The molecule has 0 unspecified atom stereocenters. The fourth-order valence-electron chi connectivity index (χ4n) is 4.26. The van der Waals surface area contributed by atoms with Gasteiger partial charge < -0.3 is 15.5 Å². The first kappa shape index (κ1) is 22.9. The number of aryl methyl sites for hydroxylation is 2. The Balaban J connectivity index is 1.58. The summed E-state index contributed by atoms with van der Waals surface area (Å²) in [6.07, 6.45) is 6.24. The quantitative estimate of drug-likeness (QED) is 0.742. The van der Waals surface area contributed by atoms with Crippen LogP contribution in [0.15, 0.2) is 36.4 Å². The fraction of sp³-hybridized carbons (Fsp3) is 0.423. The van der Waals surface area contributed by atoms with Crippen molar-refractivity contribution in [1.29, 1.82) is 0 Å². The Bertz CT molecular complexity index is 938. The van der Waals surface area contributed by atoms with Gasteiger partial charge in [0, 0.05) is 26.7 Å². The molecule has 0 atom stereocenters. The van der Waals surface area contributed by atoms with Gasteiger partial charge in [0.25, 0.3) is 0 Å². The Kier molecular flexibility index (Phi) is 7.72. The molecule has 5 nitrogen and oxygen atoms in total. The van der Waals surface area contributed by atoms with Gasteiger partial charge in [0.15, 0.2) is 0 Å². The second kappa shape index (κ2) is 10.5. The Morgan fingerprint density at radius 2 is 1.65 bits per heavy atom. The Hall–Kier alpha value is -2.82. The van der Waals surface area contributed by atoms with Crippen molar-refractivity contribution in [3.05, 3.63) is 76.2 Å². The molecule has 1 aliphatic heterocycles. The van der Waals surface area contributed by atoms with E-state index in [4.69, 9.17) is 5.73 Å². The number of carbonyl (C=O) groups is 2. The van der Waals surface area contributed by atoms with Crippen LogP contribution in [0.25, 0.3) is 0 Å². The second-order valence-corrected chi connectivity index (χ2v) is 8.34. The van der Waals surface area contributed by atoms with Crippen LogP contribution in [0.5, 0.6) is 0 Å². The summed E-state index contributed by atoms with van der Waals surface area (Å²) >= 11 is 0. The highest BCUT2D eigenvalue weighted by molar-refractivity contribution is 5.85. The summed E-state index contributed by atoms with van der Waals surface area (Å²) in [6, 6.07) is 12.5. The first-order valence-electron chi connectivity index (χ1n) is 11.2. The summed E-state index contributed by atoms with van der Waals surface area (Å²) in [5.74, 6) is 0.110. The molecule has 1 aliphatic rings. The van der Waals surface area contributed by atoms with Gasteiger partial charge in [-0.15, -0.1) is 0 Å². The first-order valence-corrected chi connectivity index (χ1v) is 11.2. The monoisotopic (exact) mass is 420 g/mol. The molecular formula is C26H34N3O2. The SMILES string of the molecule is CCc1ccc(C[CH]C(=O)N2CCc3ccc(CN(C)C(N)=O)cc3CC2)cc1CC. The Morgan fingerprint density at radius 1 is 0.968 bits per heavy atom. The first-order chi connectivity index (χ1) is 14.9. The summed E-state index contributed by atoms with van der Waals surface area (Å²) in [5, 5.41) is 0. The maximum atomic E-state index is 12.9. The van der Waals surface area contributed by atoms with E-state index in [1.165, 1.54) is 32.7 Å². The number of urea groups is 1. The zero-order valence-electron chi connectivity index (χ0n) is 19.0. The fourth-order valence-corrected chi connectivity index (χ4v) is 4.26. The summed E-state index contributed by atoms with van der Waals surface area (Å²) in [4.78, 5) is 27.6. The van der Waals surface area contributed by atoms with Crippen LogP contribution in [0, 0.1) is 6.42 Å². The molecular weight excluding hydrogens is 386 g/mol. The maximum Gasteiger partial charge on any atom is 0.314 e. The lowest BCUT2D eigenvalue weighted by atomic mass is 9.98. The van der Waals surface area contributed by atoms with Crippen LogP contribution in [0.3, 0.4) is 0 Å². The maximum absolute atomic E-state index is 12.9. The van der Waals surface area contributed by atoms with Gasteiger partial charge in [0.2, 0.25) is 5.91 Å². The minimum absolute atomic E-state index is 0.110. The molecule has 31 heavy (non-hydrogen) atoms. The molecule has 2 N–H and O–H groups in total. The Morgan fingerprint density at radius 3 is 2.32 bits per heavy atom. The van der Waals surface area contributed by atoms with Crippen molar-refractivity contribution in [3.8, 4) is 0 Å². The molecule has 0 bridgehead atoms. The van der Waals surface area contributed by atoms with Crippen LogP contribution in [-0.4, -0.2) is 41.9 Å². The molecule has 0 aromatic heterocycles. The molecule has 1 radical (unpaired) electrons. The molecule has 3 amide bonds. The number of rotatable bonds is 7. The van der Waals surface area contributed by atoms with Crippen molar-refractivity contribution in [2.75, 3.05) is 20.1 Å². The van der Waals surface area contributed by atoms with Crippen molar-refractivity contribution in [1.82, 2.24) is 9.80 Å². The third-order valence-corrected chi connectivity index (χ3v) is 6.23. The Labute approximate surface area is 186 Å². The van der Waals surface area contributed by atoms with E-state index >= 15 is 0 Å². The third-order valence-electron chi connectivity index (χ3n) is 6.23. The van der Waals surface area contributed by atoms with Gasteiger partial charge in [-0.2, -0.15) is 0 Å². The minimum Gasteiger partial charge on any atom is -0.351 e. The van der Waals surface area contributed by atoms with E-state index < -0.39 is 6.03 Å². The second-order valence-electron chi connectivity index (χ2n) is 8.34. The van der Waals surface area contributed by atoms with E-state index in [0.717, 1.165) is 37.8 Å². The standard InChI is InChI=1S/C26H34N3O2/c1-4-21-9-6-19(16-22(21)5-2)8-11-25(30)29-14-12-23-10-7-20(17-24(23)13-15-29)18-28(3)26(27)31/h6-7,9-11,16-17H,4-5,8,12-15,18H2,1-3H3,(H2,27,31). The highest BCUT2D eigenvalue weighted by Crippen LogP contribution is 2.20. The van der Waals surface area contributed by atoms with E-state index in [1.54, 1.807) is 7.05 Å². The molecule has 0 saturated heterocycles. The van der Waals surface area contributed by atoms with Crippen LogP contribution < -0.4 is 5.73 Å². The van der Waals surface area contributed by atoms with Crippen LogP contribution in [-0.2, 0) is 43.4 Å². The number of benzene rings is 2. The van der Waals surface area contributed by atoms with E-state index in [-0.39, 0.29) is 5.91 Å². The number of nitrogens with two attached hydrogens (primary N) is 1. The number of fused-ring (bicyclic) bond motifs is 1. The molecule has 3 rings (SSSR count). The van der Waals surface area contributed by atoms with Crippen molar-refractivity contribution in [2.45, 2.75) is 52.5 Å². The predicted molar refractivity (Wildman–Crippen MR) is 125 cm³/mol. The lowest BCUT2D eigenvalue weighted by Crippen LogP contribution is -2.33. The normalized spacial score (nSPS) is 13.5. The van der Waals surface area contributed by atoms with Gasteiger partial charge in [0.05, 0.1) is 6.42 Å². The van der Waals surface area contributed by atoms with Gasteiger partial charge in [0.1, 0.15) is 0 Å². The average molecular weight is 421 g/mol. The molecule has 0 spiro atoms. The molecule has 0 fully saturated rings. The van der Waals surface area contributed by atoms with E-state index in [9.17, 15) is 9.59 Å². The lowest BCUT2D eigenvalue weighted by molar-refractivity contribution is -0.127. The van der Waals surface area contributed by atoms with Crippen LogP contribution in [0.1, 0.15) is 47.2 Å². The van der Waals surface area contributed by atoms with Crippen LogP contribution >= 0.6 is 0 Å². The van der Waals surface area contributed by atoms with Gasteiger partial charge in [-0.05, 0) is 65.5 Å². The summed E-state index contributed by atoms with van der Waals surface area (Å²) in [7, 11) is 1.70. The smallest absolute Gasteiger partial charge is 0.314 e. The summed E-state index contributed by atoms with van der Waals surface area (Å²) in [5.41, 5.74) is 12.9. The molecule has 5 heteroatoms. The zero-order chi connectivity index (χ0) is 22.4. The summed E-state index contributed by atoms with van der Waals surface area (Å²) in [6.45, 7) is 6.30. The number of hydrogen-bond acceptors (Lipinski definition) is 2. The van der Waals surface area contributed by atoms with Crippen LogP contribution in [0.4, 0.5) is 4.79 Å². The van der Waals surface area contributed by atoms with Crippen molar-refractivity contribution in [2.24, 2.45) is 5.73 Å². The van der Waals surface area contributed by atoms with Crippen molar-refractivity contribution < 1.29 is 9.59 Å². The largest absolute Gasteiger partial charge is 0.351 e. The van der Waals surface area contributed by atoms with E-state index in [2.05, 4.69) is 44.2 Å². The van der Waals surface area contributed by atoms with E-state index in [1.807, 2.05) is 17.4 Å². The minimum atomic E-state index is -0.433. The predicted octanol–water partition coefficient (Wildman–Crippen LogP) is 3.70. The van der Waals surface area contributed by atoms with Crippen molar-refractivity contribution in [3.63, 3.8) is 0 Å². The lowest BCUT2D eigenvalue weighted by Gasteiger charge is -2.20. The third kappa shape index (κ3) is 5.87.